The Morgan fingerprint density at radius 2 is 2.32 bits per heavy atom. The Morgan fingerprint density at radius 1 is 1.63 bits per heavy atom. The van der Waals surface area contributed by atoms with E-state index in [1.165, 1.54) is 4.68 Å². The number of morpholine rings is 1. The van der Waals surface area contributed by atoms with Gasteiger partial charge in [-0.05, 0) is 6.92 Å². The first-order chi connectivity index (χ1) is 8.91. The summed E-state index contributed by atoms with van der Waals surface area (Å²) in [4.78, 5) is 23.5. The van der Waals surface area contributed by atoms with Crippen LogP contribution in [0, 0.1) is 17.0 Å². The summed E-state index contributed by atoms with van der Waals surface area (Å²) in [6.45, 7) is 2.50. The lowest BCUT2D eigenvalue weighted by Gasteiger charge is -2.32. The molecular formula is C10H15N5O4. The molecule has 0 bridgehead atoms. The maximum absolute atomic E-state index is 11.2. The lowest BCUT2D eigenvalue weighted by Crippen LogP contribution is -2.49. The number of nitro groups is 1. The van der Waals surface area contributed by atoms with E-state index >= 15 is 0 Å². The Hall–Kier alpha value is -2.16. The van der Waals surface area contributed by atoms with Crippen LogP contribution in [-0.4, -0.2) is 46.4 Å². The van der Waals surface area contributed by atoms with E-state index < -0.39 is 16.9 Å². The van der Waals surface area contributed by atoms with Gasteiger partial charge in [-0.1, -0.05) is 0 Å². The first kappa shape index (κ1) is 13.3. The topological polar surface area (TPSA) is 117 Å². The molecular weight excluding hydrogens is 254 g/mol. The normalized spacial score (nSPS) is 19.5. The summed E-state index contributed by atoms with van der Waals surface area (Å²) in [5.41, 5.74) is 5.49. The fourth-order valence-electron chi connectivity index (χ4n) is 2.22. The molecule has 1 aromatic rings. The molecule has 1 saturated heterocycles. The van der Waals surface area contributed by atoms with Crippen molar-refractivity contribution >= 4 is 17.4 Å². The molecule has 2 N–H and O–H groups in total. The summed E-state index contributed by atoms with van der Waals surface area (Å²) in [5.74, 6) is -0.205. The summed E-state index contributed by atoms with van der Waals surface area (Å²) < 4.78 is 6.66. The van der Waals surface area contributed by atoms with Gasteiger partial charge < -0.3 is 15.4 Å². The highest BCUT2D eigenvalue weighted by atomic mass is 16.6. The van der Waals surface area contributed by atoms with Gasteiger partial charge in [0.2, 0.25) is 11.7 Å². The Balaban J connectivity index is 2.36. The molecule has 0 aliphatic carbocycles. The van der Waals surface area contributed by atoms with E-state index in [-0.39, 0.29) is 18.8 Å². The number of carbonyl (C=O) groups is 1. The second-order valence-electron chi connectivity index (χ2n) is 4.35. The van der Waals surface area contributed by atoms with Crippen LogP contribution in [0.3, 0.4) is 0 Å². The largest absolute Gasteiger partial charge is 0.367 e. The first-order valence-corrected chi connectivity index (χ1v) is 5.75. The van der Waals surface area contributed by atoms with Crippen molar-refractivity contribution in [2.45, 2.75) is 13.0 Å². The van der Waals surface area contributed by atoms with E-state index in [4.69, 9.17) is 10.5 Å². The molecule has 1 atom stereocenters. The SMILES string of the molecule is Cc1nn(C)c(N2CCOC(C(N)=O)C2)c1[N+](=O)[O-]. The van der Waals surface area contributed by atoms with Crippen LogP contribution in [-0.2, 0) is 16.6 Å². The molecule has 9 heteroatoms. The number of hydrogen-bond donors (Lipinski definition) is 1. The number of aromatic nitrogens is 2. The van der Waals surface area contributed by atoms with E-state index in [1.807, 2.05) is 0 Å². The summed E-state index contributed by atoms with van der Waals surface area (Å²) in [7, 11) is 1.63. The van der Waals surface area contributed by atoms with Crippen LogP contribution in [0.5, 0.6) is 0 Å². The molecule has 19 heavy (non-hydrogen) atoms. The van der Waals surface area contributed by atoms with Crippen LogP contribution in [0.15, 0.2) is 0 Å². The van der Waals surface area contributed by atoms with Crippen LogP contribution in [0.1, 0.15) is 5.69 Å². The second kappa shape index (κ2) is 4.84. The number of primary amides is 1. The van der Waals surface area contributed by atoms with Crippen LogP contribution in [0.2, 0.25) is 0 Å². The van der Waals surface area contributed by atoms with Gasteiger partial charge in [-0.3, -0.25) is 14.9 Å². The zero-order valence-corrected chi connectivity index (χ0v) is 10.7. The van der Waals surface area contributed by atoms with Crippen LogP contribution in [0.4, 0.5) is 11.5 Å². The summed E-state index contributed by atoms with van der Waals surface area (Å²) in [6, 6.07) is 0. The van der Waals surface area contributed by atoms with E-state index in [0.29, 0.717) is 18.1 Å². The third-order valence-electron chi connectivity index (χ3n) is 3.03. The number of nitrogens with two attached hydrogens (primary N) is 1. The molecule has 1 aliphatic heterocycles. The van der Waals surface area contributed by atoms with Gasteiger partial charge >= 0.3 is 5.69 Å². The van der Waals surface area contributed by atoms with Crippen molar-refractivity contribution in [3.05, 3.63) is 15.8 Å². The fraction of sp³-hybridized carbons (Fsp3) is 0.600. The average molecular weight is 269 g/mol. The molecule has 0 aromatic carbocycles. The number of hydrogen-bond acceptors (Lipinski definition) is 6. The molecule has 1 aromatic heterocycles. The third-order valence-corrected chi connectivity index (χ3v) is 3.03. The lowest BCUT2D eigenvalue weighted by atomic mass is 10.2. The van der Waals surface area contributed by atoms with Gasteiger partial charge in [-0.25, -0.2) is 4.68 Å². The molecule has 1 aliphatic rings. The van der Waals surface area contributed by atoms with Crippen molar-refractivity contribution in [1.29, 1.82) is 0 Å². The molecule has 1 unspecified atom stereocenters. The van der Waals surface area contributed by atoms with Crippen molar-refractivity contribution in [3.8, 4) is 0 Å². The van der Waals surface area contributed by atoms with Gasteiger partial charge in [0.05, 0.1) is 18.1 Å². The van der Waals surface area contributed by atoms with E-state index in [0.717, 1.165) is 0 Å². The zero-order valence-electron chi connectivity index (χ0n) is 10.7. The number of anilines is 1. The van der Waals surface area contributed by atoms with Crippen molar-refractivity contribution in [3.63, 3.8) is 0 Å². The number of rotatable bonds is 3. The summed E-state index contributed by atoms with van der Waals surface area (Å²) >= 11 is 0. The first-order valence-electron chi connectivity index (χ1n) is 5.75. The number of amides is 1. The molecule has 104 valence electrons. The van der Waals surface area contributed by atoms with Gasteiger partial charge in [0.1, 0.15) is 5.69 Å². The number of nitrogens with zero attached hydrogens (tertiary/aromatic N) is 4. The fourth-order valence-corrected chi connectivity index (χ4v) is 2.22. The standard InChI is InChI=1S/C10H15N5O4/c1-6-8(15(17)18)10(13(2)12-6)14-3-4-19-7(5-14)9(11)16/h7H,3-5H2,1-2H3,(H2,11,16). The molecule has 9 nitrogen and oxygen atoms in total. The molecule has 1 fully saturated rings. The Labute approximate surface area is 109 Å². The highest BCUT2D eigenvalue weighted by Gasteiger charge is 2.33. The van der Waals surface area contributed by atoms with Crippen molar-refractivity contribution in [1.82, 2.24) is 9.78 Å². The van der Waals surface area contributed by atoms with Crippen molar-refractivity contribution in [2.75, 3.05) is 24.6 Å². The van der Waals surface area contributed by atoms with Gasteiger partial charge in [0, 0.05) is 13.6 Å². The monoisotopic (exact) mass is 269 g/mol. The molecule has 2 heterocycles. The molecule has 0 saturated carbocycles. The van der Waals surface area contributed by atoms with Crippen LogP contribution >= 0.6 is 0 Å². The Morgan fingerprint density at radius 3 is 2.89 bits per heavy atom. The Kier molecular flexibility index (Phi) is 3.38. The maximum Gasteiger partial charge on any atom is 0.333 e. The molecule has 0 spiro atoms. The van der Waals surface area contributed by atoms with Crippen LogP contribution < -0.4 is 10.6 Å². The van der Waals surface area contributed by atoms with E-state index in [9.17, 15) is 14.9 Å². The lowest BCUT2D eigenvalue weighted by molar-refractivity contribution is -0.384. The molecule has 1 amide bonds. The predicted octanol–water partition coefficient (Wildman–Crippen LogP) is -0.673. The average Bonchev–Trinajstić information content (AvgIpc) is 2.64. The maximum atomic E-state index is 11.2. The smallest absolute Gasteiger partial charge is 0.333 e. The summed E-state index contributed by atoms with van der Waals surface area (Å²) in [6.07, 6.45) is -0.761. The van der Waals surface area contributed by atoms with Crippen molar-refractivity contribution < 1.29 is 14.5 Å². The molecule has 2 rings (SSSR count). The molecule has 0 radical (unpaired) electrons. The number of aryl methyl sites for hydroxylation is 2. The summed E-state index contributed by atoms with van der Waals surface area (Å²) in [5, 5.41) is 15.2. The minimum atomic E-state index is -0.761. The zero-order chi connectivity index (χ0) is 14.2. The number of carbonyl (C=O) groups excluding carboxylic acids is 1. The van der Waals surface area contributed by atoms with E-state index in [1.54, 1.807) is 18.9 Å². The minimum Gasteiger partial charge on any atom is -0.367 e. The third kappa shape index (κ3) is 2.36. The second-order valence-corrected chi connectivity index (χ2v) is 4.35. The highest BCUT2D eigenvalue weighted by molar-refractivity contribution is 5.80. The predicted molar refractivity (Wildman–Crippen MR) is 65.7 cm³/mol. The quantitative estimate of drug-likeness (QED) is 0.574. The van der Waals surface area contributed by atoms with Gasteiger partial charge in [-0.2, -0.15) is 5.10 Å². The minimum absolute atomic E-state index is 0.0485. The van der Waals surface area contributed by atoms with Crippen LogP contribution in [0.25, 0.3) is 0 Å². The van der Waals surface area contributed by atoms with Gasteiger partial charge in [-0.15, -0.1) is 0 Å². The highest BCUT2D eigenvalue weighted by Crippen LogP contribution is 2.31. The number of ether oxygens (including phenoxy) is 1. The van der Waals surface area contributed by atoms with Crippen molar-refractivity contribution in [2.24, 2.45) is 12.8 Å². The van der Waals surface area contributed by atoms with Gasteiger partial charge in [0.25, 0.3) is 0 Å². The van der Waals surface area contributed by atoms with E-state index in [2.05, 4.69) is 5.10 Å². The Bertz CT molecular complexity index is 526. The van der Waals surface area contributed by atoms with Gasteiger partial charge in [0.15, 0.2) is 6.10 Å².